The number of amidine groups is 1. The Kier molecular flexibility index (Phi) is 6.56. The van der Waals surface area contributed by atoms with Gasteiger partial charge < -0.3 is 5.32 Å². The zero-order chi connectivity index (χ0) is 18.7. The van der Waals surface area contributed by atoms with Crippen molar-refractivity contribution in [3.8, 4) is 0 Å². The third-order valence-corrected chi connectivity index (χ3v) is 6.40. The molecule has 1 atom stereocenters. The molecule has 8 heteroatoms. The fourth-order valence-electron chi connectivity index (χ4n) is 2.28. The molecule has 1 aliphatic rings. The normalized spacial score (nSPS) is 18.9. The van der Waals surface area contributed by atoms with Crippen molar-refractivity contribution in [1.29, 1.82) is 0 Å². The summed E-state index contributed by atoms with van der Waals surface area (Å²) in [5.74, 6) is -0.302. The number of carbonyl (C=O) groups is 2. The molecule has 0 radical (unpaired) electrons. The first kappa shape index (κ1) is 19.6. The Morgan fingerprint density at radius 3 is 2.31 bits per heavy atom. The van der Waals surface area contributed by atoms with E-state index in [-0.39, 0.29) is 18.2 Å². The van der Waals surface area contributed by atoms with Crippen molar-refractivity contribution < 1.29 is 9.59 Å². The summed E-state index contributed by atoms with van der Waals surface area (Å²) in [4.78, 5) is 31.0. The number of hydrogen-bond acceptors (Lipinski definition) is 4. The summed E-state index contributed by atoms with van der Waals surface area (Å²) in [5, 5.41) is 2.91. The van der Waals surface area contributed by atoms with Crippen LogP contribution in [-0.4, -0.2) is 34.2 Å². The van der Waals surface area contributed by atoms with E-state index in [0.29, 0.717) is 5.17 Å². The van der Waals surface area contributed by atoms with E-state index in [1.165, 1.54) is 16.7 Å². The molecule has 1 unspecified atom stereocenters. The van der Waals surface area contributed by atoms with E-state index in [1.54, 1.807) is 7.05 Å². The molecule has 0 bridgehead atoms. The maximum absolute atomic E-state index is 12.6. The van der Waals surface area contributed by atoms with Gasteiger partial charge in [-0.1, -0.05) is 11.8 Å². The quantitative estimate of drug-likeness (QED) is 0.536. The molecule has 5 nitrogen and oxygen atoms in total. The molecule has 1 N–H and O–H groups in total. The lowest BCUT2D eigenvalue weighted by atomic mass is 10.2. The van der Waals surface area contributed by atoms with Crippen molar-refractivity contribution in [1.82, 2.24) is 4.90 Å². The third-order valence-electron chi connectivity index (χ3n) is 3.72. The van der Waals surface area contributed by atoms with Crippen molar-refractivity contribution in [3.05, 3.63) is 55.7 Å². The molecule has 134 valence electrons. The second-order valence-electron chi connectivity index (χ2n) is 5.63. The van der Waals surface area contributed by atoms with E-state index in [0.717, 1.165) is 18.5 Å². The number of halogens is 2. The number of hydrogen-bond donors (Lipinski definition) is 1. The van der Waals surface area contributed by atoms with Crippen molar-refractivity contribution in [2.75, 3.05) is 12.4 Å². The van der Waals surface area contributed by atoms with Gasteiger partial charge in [-0.05, 0) is 93.7 Å². The molecule has 1 saturated heterocycles. The van der Waals surface area contributed by atoms with Crippen LogP contribution in [-0.2, 0) is 9.59 Å². The largest absolute Gasteiger partial charge is 0.325 e. The molecule has 1 fully saturated rings. The highest BCUT2D eigenvalue weighted by molar-refractivity contribution is 14.1. The Morgan fingerprint density at radius 2 is 1.69 bits per heavy atom. The van der Waals surface area contributed by atoms with Crippen LogP contribution in [0.5, 0.6) is 0 Å². The minimum atomic E-state index is -0.499. The van der Waals surface area contributed by atoms with Crippen molar-refractivity contribution in [3.63, 3.8) is 0 Å². The minimum Gasteiger partial charge on any atom is -0.325 e. The maximum atomic E-state index is 12.6. The Balaban J connectivity index is 1.76. The number of amides is 2. The third kappa shape index (κ3) is 4.97. The van der Waals surface area contributed by atoms with Crippen LogP contribution in [0, 0.1) is 7.14 Å². The molecule has 0 spiro atoms. The summed E-state index contributed by atoms with van der Waals surface area (Å²) in [5.41, 5.74) is 1.48. The lowest BCUT2D eigenvalue weighted by Crippen LogP contribution is -2.43. The van der Waals surface area contributed by atoms with Crippen LogP contribution in [0.2, 0.25) is 0 Å². The van der Waals surface area contributed by atoms with Gasteiger partial charge in [-0.25, -0.2) is 4.99 Å². The topological polar surface area (TPSA) is 61.8 Å². The summed E-state index contributed by atoms with van der Waals surface area (Å²) in [6, 6.07) is 15.2. The van der Waals surface area contributed by atoms with Crippen LogP contribution >= 0.6 is 56.9 Å². The molecular weight excluding hydrogens is 576 g/mol. The predicted molar refractivity (Wildman–Crippen MR) is 123 cm³/mol. The Hall–Kier alpha value is -1.14. The van der Waals surface area contributed by atoms with Gasteiger partial charge in [-0.3, -0.25) is 14.5 Å². The van der Waals surface area contributed by atoms with Gasteiger partial charge in [0.15, 0.2) is 5.17 Å². The van der Waals surface area contributed by atoms with Crippen molar-refractivity contribution in [2.24, 2.45) is 4.99 Å². The van der Waals surface area contributed by atoms with E-state index in [1.807, 2.05) is 48.5 Å². The average molecular weight is 591 g/mol. The van der Waals surface area contributed by atoms with Crippen LogP contribution in [0.1, 0.15) is 6.42 Å². The zero-order valence-corrected chi connectivity index (χ0v) is 18.9. The van der Waals surface area contributed by atoms with Gasteiger partial charge in [-0.15, -0.1) is 0 Å². The van der Waals surface area contributed by atoms with Gasteiger partial charge in [0, 0.05) is 26.3 Å². The number of carbonyl (C=O) groups excluding carboxylic acids is 2. The number of anilines is 1. The van der Waals surface area contributed by atoms with Gasteiger partial charge in [0.25, 0.3) is 0 Å². The molecule has 0 aliphatic carbocycles. The molecule has 1 heterocycles. The maximum Gasteiger partial charge on any atom is 0.238 e. The Bertz CT molecular complexity index is 854. The Morgan fingerprint density at radius 1 is 1.12 bits per heavy atom. The van der Waals surface area contributed by atoms with Gasteiger partial charge >= 0.3 is 0 Å². The first-order chi connectivity index (χ1) is 12.4. The number of benzene rings is 2. The number of rotatable bonds is 3. The van der Waals surface area contributed by atoms with E-state index in [2.05, 4.69) is 55.5 Å². The van der Waals surface area contributed by atoms with E-state index >= 15 is 0 Å². The van der Waals surface area contributed by atoms with Crippen molar-refractivity contribution >= 4 is 85.3 Å². The Labute approximate surface area is 183 Å². The SMILES string of the molecule is CN1C(=O)CC(C(=O)Nc2ccc(I)cc2)SC1=Nc1ccc(I)cc1. The van der Waals surface area contributed by atoms with Crippen molar-refractivity contribution in [2.45, 2.75) is 11.7 Å². The summed E-state index contributed by atoms with van der Waals surface area (Å²) in [6.45, 7) is 0. The molecular formula is C18H15I2N3O2S. The van der Waals surface area contributed by atoms with Crippen LogP contribution in [0.15, 0.2) is 53.5 Å². The molecule has 26 heavy (non-hydrogen) atoms. The molecule has 0 saturated carbocycles. The molecule has 1 aliphatic heterocycles. The average Bonchev–Trinajstić information content (AvgIpc) is 2.62. The van der Waals surface area contributed by atoms with E-state index in [4.69, 9.17) is 0 Å². The van der Waals surface area contributed by atoms with Gasteiger partial charge in [-0.2, -0.15) is 0 Å². The first-order valence-corrected chi connectivity index (χ1v) is 10.8. The fourth-order valence-corrected chi connectivity index (χ4v) is 4.06. The number of aliphatic imine (C=N–C) groups is 1. The molecule has 2 aromatic carbocycles. The molecule has 2 aromatic rings. The zero-order valence-electron chi connectivity index (χ0n) is 13.8. The molecule has 0 aromatic heterocycles. The predicted octanol–water partition coefficient (Wildman–Crippen LogP) is 4.49. The monoisotopic (exact) mass is 591 g/mol. The highest BCUT2D eigenvalue weighted by Crippen LogP contribution is 2.29. The van der Waals surface area contributed by atoms with Gasteiger partial charge in [0.2, 0.25) is 11.8 Å². The summed E-state index contributed by atoms with van der Waals surface area (Å²) in [7, 11) is 1.69. The van der Waals surface area contributed by atoms with Gasteiger partial charge in [0.05, 0.1) is 5.69 Å². The van der Waals surface area contributed by atoms with E-state index < -0.39 is 5.25 Å². The highest BCUT2D eigenvalue weighted by atomic mass is 127. The lowest BCUT2D eigenvalue weighted by molar-refractivity contribution is -0.128. The second-order valence-corrected chi connectivity index (χ2v) is 9.29. The fraction of sp³-hybridized carbons (Fsp3) is 0.167. The number of nitrogens with one attached hydrogen (secondary N) is 1. The first-order valence-electron chi connectivity index (χ1n) is 7.76. The number of nitrogens with zero attached hydrogens (tertiary/aromatic N) is 2. The molecule has 2 amide bonds. The summed E-state index contributed by atoms with van der Waals surface area (Å²) < 4.78 is 2.21. The standard InChI is InChI=1S/C18H15I2N3O2S/c1-23-16(24)10-15(17(25)21-13-6-2-11(19)3-7-13)26-18(23)22-14-8-4-12(20)5-9-14/h2-9,15H,10H2,1H3,(H,21,25). The van der Waals surface area contributed by atoms with Gasteiger partial charge in [0.1, 0.15) is 5.25 Å². The number of thioether (sulfide) groups is 1. The smallest absolute Gasteiger partial charge is 0.238 e. The summed E-state index contributed by atoms with van der Waals surface area (Å²) >= 11 is 5.75. The highest BCUT2D eigenvalue weighted by Gasteiger charge is 2.34. The van der Waals surface area contributed by atoms with Crippen LogP contribution in [0.3, 0.4) is 0 Å². The van der Waals surface area contributed by atoms with Crippen LogP contribution in [0.4, 0.5) is 11.4 Å². The van der Waals surface area contributed by atoms with Crippen LogP contribution in [0.25, 0.3) is 0 Å². The van der Waals surface area contributed by atoms with Crippen LogP contribution < -0.4 is 5.32 Å². The minimum absolute atomic E-state index is 0.115. The molecule has 3 rings (SSSR count). The second kappa shape index (κ2) is 8.70. The van der Waals surface area contributed by atoms with E-state index in [9.17, 15) is 9.59 Å². The lowest BCUT2D eigenvalue weighted by Gasteiger charge is -2.28. The summed E-state index contributed by atoms with van der Waals surface area (Å²) in [6.07, 6.45) is 0.156.